The van der Waals surface area contributed by atoms with Crippen molar-refractivity contribution in [2.45, 2.75) is 13.0 Å². The smallest absolute Gasteiger partial charge is 0.196 e. The van der Waals surface area contributed by atoms with E-state index in [1.54, 1.807) is 12.4 Å². The molecule has 0 saturated carbocycles. The predicted molar refractivity (Wildman–Crippen MR) is 60.3 cm³/mol. The number of hydrogen-bond donors (Lipinski definition) is 1. The number of Topliss-reactive ketones (excluding diaryl/α,β-unsaturated/α-hetero) is 1. The van der Waals surface area contributed by atoms with Gasteiger partial charge in [0.15, 0.2) is 5.78 Å². The quantitative estimate of drug-likeness (QED) is 0.724. The number of piperazine rings is 1. The summed E-state index contributed by atoms with van der Waals surface area (Å²) in [5.41, 5.74) is 0.452. The first-order chi connectivity index (χ1) is 7.75. The van der Waals surface area contributed by atoms with Crippen molar-refractivity contribution < 1.29 is 4.79 Å². The van der Waals surface area contributed by atoms with Crippen LogP contribution in [0.25, 0.3) is 0 Å². The average molecular weight is 220 g/mol. The number of carbonyl (C=O) groups excluding carboxylic acids is 1. The van der Waals surface area contributed by atoms with Gasteiger partial charge in [-0.3, -0.25) is 14.7 Å². The van der Waals surface area contributed by atoms with Crippen LogP contribution in [-0.4, -0.2) is 52.9 Å². The van der Waals surface area contributed by atoms with Gasteiger partial charge in [0.25, 0.3) is 0 Å². The number of nitrogens with zero attached hydrogens (tertiary/aromatic N) is 3. The Morgan fingerprint density at radius 2 is 2.50 bits per heavy atom. The molecule has 0 bridgehead atoms. The van der Waals surface area contributed by atoms with E-state index in [0.29, 0.717) is 18.3 Å². The van der Waals surface area contributed by atoms with Crippen molar-refractivity contribution in [3.63, 3.8) is 0 Å². The molecule has 1 aromatic heterocycles. The number of ketones is 1. The largest absolute Gasteiger partial charge is 0.312 e. The topological polar surface area (TPSA) is 58.1 Å². The van der Waals surface area contributed by atoms with Crippen molar-refractivity contribution in [2.24, 2.45) is 0 Å². The van der Waals surface area contributed by atoms with Crippen molar-refractivity contribution in [2.75, 3.05) is 26.2 Å². The van der Waals surface area contributed by atoms with E-state index in [1.807, 2.05) is 0 Å². The highest BCUT2D eigenvalue weighted by Gasteiger charge is 2.19. The van der Waals surface area contributed by atoms with Gasteiger partial charge < -0.3 is 5.32 Å². The summed E-state index contributed by atoms with van der Waals surface area (Å²) >= 11 is 0. The minimum absolute atomic E-state index is 0.0437. The standard InChI is InChI=1S/C11H16N4O/c1-9-7-15(5-4-13-9)8-11(16)10-6-12-2-3-14-10/h2-3,6,9,13H,4-5,7-8H2,1H3/t9-/m1/s1. The van der Waals surface area contributed by atoms with E-state index < -0.39 is 0 Å². The van der Waals surface area contributed by atoms with Crippen molar-refractivity contribution in [1.82, 2.24) is 20.2 Å². The molecule has 0 amide bonds. The normalized spacial score (nSPS) is 21.9. The third-order valence-corrected chi connectivity index (χ3v) is 2.67. The highest BCUT2D eigenvalue weighted by atomic mass is 16.1. The molecule has 86 valence electrons. The van der Waals surface area contributed by atoms with E-state index in [-0.39, 0.29) is 5.78 Å². The molecular formula is C11H16N4O. The van der Waals surface area contributed by atoms with Crippen LogP contribution in [0.3, 0.4) is 0 Å². The van der Waals surface area contributed by atoms with E-state index in [4.69, 9.17) is 0 Å². The Bertz CT molecular complexity index is 354. The second kappa shape index (κ2) is 5.14. The van der Waals surface area contributed by atoms with Gasteiger partial charge >= 0.3 is 0 Å². The van der Waals surface area contributed by atoms with Crippen molar-refractivity contribution in [1.29, 1.82) is 0 Å². The Kier molecular flexibility index (Phi) is 3.58. The van der Waals surface area contributed by atoms with Crippen molar-refractivity contribution in [3.8, 4) is 0 Å². The first kappa shape index (κ1) is 11.2. The molecular weight excluding hydrogens is 204 g/mol. The van der Waals surface area contributed by atoms with Gasteiger partial charge in [0.05, 0.1) is 12.7 Å². The average Bonchev–Trinajstić information content (AvgIpc) is 2.30. The van der Waals surface area contributed by atoms with Crippen LogP contribution in [0.4, 0.5) is 0 Å². The Hall–Kier alpha value is -1.33. The van der Waals surface area contributed by atoms with Crippen LogP contribution in [0.1, 0.15) is 17.4 Å². The summed E-state index contributed by atoms with van der Waals surface area (Å²) in [6, 6.07) is 0.448. The molecule has 1 aliphatic rings. The molecule has 1 aromatic rings. The van der Waals surface area contributed by atoms with E-state index in [0.717, 1.165) is 19.6 Å². The Morgan fingerprint density at radius 3 is 3.19 bits per heavy atom. The maximum Gasteiger partial charge on any atom is 0.196 e. The van der Waals surface area contributed by atoms with Crippen LogP contribution in [0.5, 0.6) is 0 Å². The van der Waals surface area contributed by atoms with Gasteiger partial charge in [0, 0.05) is 38.1 Å². The number of rotatable bonds is 3. The number of nitrogens with one attached hydrogen (secondary N) is 1. The summed E-state index contributed by atoms with van der Waals surface area (Å²) in [4.78, 5) is 21.9. The predicted octanol–water partition coefficient (Wildman–Crippen LogP) is -0.0470. The molecule has 2 heterocycles. The number of hydrogen-bond acceptors (Lipinski definition) is 5. The zero-order valence-corrected chi connectivity index (χ0v) is 9.39. The highest BCUT2D eigenvalue weighted by molar-refractivity contribution is 5.95. The molecule has 5 nitrogen and oxygen atoms in total. The Morgan fingerprint density at radius 1 is 1.62 bits per heavy atom. The van der Waals surface area contributed by atoms with Gasteiger partial charge in [-0.2, -0.15) is 0 Å². The van der Waals surface area contributed by atoms with E-state index >= 15 is 0 Å². The third-order valence-electron chi connectivity index (χ3n) is 2.67. The molecule has 1 N–H and O–H groups in total. The van der Waals surface area contributed by atoms with Crippen LogP contribution in [0.2, 0.25) is 0 Å². The fourth-order valence-electron chi connectivity index (χ4n) is 1.88. The maximum absolute atomic E-state index is 11.9. The lowest BCUT2D eigenvalue weighted by Gasteiger charge is -2.31. The fourth-order valence-corrected chi connectivity index (χ4v) is 1.88. The molecule has 5 heteroatoms. The molecule has 1 aliphatic heterocycles. The van der Waals surface area contributed by atoms with Gasteiger partial charge in [0.1, 0.15) is 5.69 Å². The molecule has 1 saturated heterocycles. The molecule has 16 heavy (non-hydrogen) atoms. The summed E-state index contributed by atoms with van der Waals surface area (Å²) in [6.45, 7) is 5.32. The summed E-state index contributed by atoms with van der Waals surface area (Å²) in [6.07, 6.45) is 4.64. The molecule has 1 fully saturated rings. The zero-order valence-electron chi connectivity index (χ0n) is 9.39. The minimum atomic E-state index is 0.0437. The summed E-state index contributed by atoms with van der Waals surface area (Å²) < 4.78 is 0. The molecule has 2 rings (SSSR count). The first-order valence-electron chi connectivity index (χ1n) is 5.50. The lowest BCUT2D eigenvalue weighted by molar-refractivity contribution is 0.0903. The van der Waals surface area contributed by atoms with Crippen LogP contribution in [0, 0.1) is 0 Å². The second-order valence-corrected chi connectivity index (χ2v) is 4.10. The van der Waals surface area contributed by atoms with Gasteiger partial charge in [0.2, 0.25) is 0 Å². The number of aromatic nitrogens is 2. The van der Waals surface area contributed by atoms with Crippen LogP contribution in [-0.2, 0) is 0 Å². The summed E-state index contributed by atoms with van der Waals surface area (Å²) in [7, 11) is 0. The van der Waals surface area contributed by atoms with E-state index in [1.165, 1.54) is 6.20 Å². The molecule has 0 aliphatic carbocycles. The van der Waals surface area contributed by atoms with Gasteiger partial charge in [-0.15, -0.1) is 0 Å². The summed E-state index contributed by atoms with van der Waals surface area (Å²) in [5, 5.41) is 3.34. The number of carbonyl (C=O) groups is 1. The lowest BCUT2D eigenvalue weighted by Crippen LogP contribution is -2.50. The Labute approximate surface area is 94.9 Å². The van der Waals surface area contributed by atoms with E-state index in [2.05, 4.69) is 27.1 Å². The first-order valence-corrected chi connectivity index (χ1v) is 5.50. The minimum Gasteiger partial charge on any atom is -0.312 e. The van der Waals surface area contributed by atoms with Crippen LogP contribution < -0.4 is 5.32 Å². The molecule has 0 unspecified atom stereocenters. The summed E-state index contributed by atoms with van der Waals surface area (Å²) in [5.74, 6) is 0.0437. The maximum atomic E-state index is 11.9. The molecule has 1 atom stereocenters. The lowest BCUT2D eigenvalue weighted by atomic mass is 10.2. The molecule has 0 radical (unpaired) electrons. The highest BCUT2D eigenvalue weighted by Crippen LogP contribution is 2.01. The molecule has 0 spiro atoms. The van der Waals surface area contributed by atoms with Crippen molar-refractivity contribution >= 4 is 5.78 Å². The van der Waals surface area contributed by atoms with Gasteiger partial charge in [-0.05, 0) is 6.92 Å². The monoisotopic (exact) mass is 220 g/mol. The zero-order chi connectivity index (χ0) is 11.4. The van der Waals surface area contributed by atoms with Crippen LogP contribution in [0.15, 0.2) is 18.6 Å². The van der Waals surface area contributed by atoms with Gasteiger partial charge in [-0.25, -0.2) is 4.98 Å². The SMILES string of the molecule is C[C@@H]1CN(CC(=O)c2cnccn2)CCN1. The Balaban J connectivity index is 1.92. The van der Waals surface area contributed by atoms with Crippen LogP contribution >= 0.6 is 0 Å². The fraction of sp³-hybridized carbons (Fsp3) is 0.545. The van der Waals surface area contributed by atoms with Gasteiger partial charge in [-0.1, -0.05) is 0 Å². The molecule has 0 aromatic carbocycles. The van der Waals surface area contributed by atoms with E-state index in [9.17, 15) is 4.79 Å². The second-order valence-electron chi connectivity index (χ2n) is 4.10. The third kappa shape index (κ3) is 2.84. The van der Waals surface area contributed by atoms with Crippen molar-refractivity contribution in [3.05, 3.63) is 24.3 Å².